The van der Waals surface area contributed by atoms with Crippen LogP contribution in [0.3, 0.4) is 0 Å². The Balaban J connectivity index is 1.49. The van der Waals surface area contributed by atoms with Crippen molar-refractivity contribution in [1.82, 2.24) is 4.90 Å². The summed E-state index contributed by atoms with van der Waals surface area (Å²) in [6.07, 6.45) is 2.56. The number of para-hydroxylation sites is 2. The molecule has 1 atom stereocenters. The lowest BCUT2D eigenvalue weighted by Crippen LogP contribution is -2.52. The van der Waals surface area contributed by atoms with Gasteiger partial charge in [0.15, 0.2) is 6.10 Å². The number of anilines is 2. The number of rotatable bonds is 6. The fourth-order valence-electron chi connectivity index (χ4n) is 4.16. The standard InChI is InChI=1S/C24H29N3O5/c1-30-18-12-17(13-19(14-18)31-2)25-23(28)16-27-15-22(24(29)26-10-6-3-7-11-26)32-21-9-5-4-8-20(21)27/h4-5,8-9,12-14,22H,3,6-7,10-11,15-16H2,1-2H3,(H,25,28)/t22-/m1/s1. The molecular formula is C24H29N3O5. The van der Waals surface area contributed by atoms with Gasteiger partial charge in [0.2, 0.25) is 5.91 Å². The second-order valence-corrected chi connectivity index (χ2v) is 7.99. The lowest BCUT2D eigenvalue weighted by Gasteiger charge is -2.38. The van der Waals surface area contributed by atoms with Crippen molar-refractivity contribution in [2.24, 2.45) is 0 Å². The van der Waals surface area contributed by atoms with E-state index in [-0.39, 0.29) is 18.4 Å². The molecule has 0 aliphatic carbocycles. The summed E-state index contributed by atoms with van der Waals surface area (Å²) in [6, 6.07) is 12.7. The first-order chi connectivity index (χ1) is 15.6. The minimum Gasteiger partial charge on any atom is -0.497 e. The zero-order valence-electron chi connectivity index (χ0n) is 18.5. The molecule has 2 aromatic rings. The molecule has 0 bridgehead atoms. The van der Waals surface area contributed by atoms with Crippen molar-refractivity contribution in [3.8, 4) is 17.2 Å². The van der Waals surface area contributed by atoms with Gasteiger partial charge >= 0.3 is 0 Å². The van der Waals surface area contributed by atoms with Crippen molar-refractivity contribution >= 4 is 23.2 Å². The molecule has 0 saturated carbocycles. The van der Waals surface area contributed by atoms with Crippen LogP contribution in [0.5, 0.6) is 17.2 Å². The maximum Gasteiger partial charge on any atom is 0.265 e. The van der Waals surface area contributed by atoms with Gasteiger partial charge in [-0.15, -0.1) is 0 Å². The monoisotopic (exact) mass is 439 g/mol. The van der Waals surface area contributed by atoms with Crippen LogP contribution >= 0.6 is 0 Å². The number of likely N-dealkylation sites (tertiary alicyclic amines) is 1. The van der Waals surface area contributed by atoms with Crippen LogP contribution in [-0.2, 0) is 9.59 Å². The average Bonchev–Trinajstić information content (AvgIpc) is 2.83. The first-order valence-corrected chi connectivity index (χ1v) is 10.9. The van der Waals surface area contributed by atoms with Crippen molar-refractivity contribution in [2.75, 3.05) is 50.6 Å². The van der Waals surface area contributed by atoms with E-state index in [1.165, 1.54) is 0 Å². The molecular weight excluding hydrogens is 410 g/mol. The smallest absolute Gasteiger partial charge is 0.265 e. The molecule has 2 amide bonds. The van der Waals surface area contributed by atoms with Crippen LogP contribution in [0.2, 0.25) is 0 Å². The second-order valence-electron chi connectivity index (χ2n) is 7.99. The average molecular weight is 440 g/mol. The molecule has 32 heavy (non-hydrogen) atoms. The molecule has 170 valence electrons. The zero-order chi connectivity index (χ0) is 22.5. The lowest BCUT2D eigenvalue weighted by molar-refractivity contribution is -0.139. The number of benzene rings is 2. The number of carbonyl (C=O) groups excluding carboxylic acids is 2. The number of carbonyl (C=O) groups is 2. The lowest BCUT2D eigenvalue weighted by atomic mass is 10.1. The highest BCUT2D eigenvalue weighted by Gasteiger charge is 2.34. The van der Waals surface area contributed by atoms with E-state index >= 15 is 0 Å². The molecule has 2 aliphatic rings. The van der Waals surface area contributed by atoms with Gasteiger partial charge < -0.3 is 29.3 Å². The van der Waals surface area contributed by atoms with Crippen molar-refractivity contribution < 1.29 is 23.8 Å². The highest BCUT2D eigenvalue weighted by Crippen LogP contribution is 2.34. The van der Waals surface area contributed by atoms with Gasteiger partial charge in [0.25, 0.3) is 5.91 Å². The van der Waals surface area contributed by atoms with Crippen LogP contribution in [-0.4, -0.2) is 63.2 Å². The molecule has 4 rings (SSSR count). The molecule has 1 saturated heterocycles. The number of hydrogen-bond acceptors (Lipinski definition) is 6. The highest BCUT2D eigenvalue weighted by atomic mass is 16.5. The highest BCUT2D eigenvalue weighted by molar-refractivity contribution is 5.95. The Hall–Kier alpha value is -3.42. The Morgan fingerprint density at radius 2 is 1.72 bits per heavy atom. The maximum atomic E-state index is 13.1. The van der Waals surface area contributed by atoms with Crippen LogP contribution in [0.1, 0.15) is 19.3 Å². The third kappa shape index (κ3) is 4.90. The fourth-order valence-corrected chi connectivity index (χ4v) is 4.16. The Kier molecular flexibility index (Phi) is 6.68. The molecule has 8 nitrogen and oxygen atoms in total. The number of hydrogen-bond donors (Lipinski definition) is 1. The summed E-state index contributed by atoms with van der Waals surface area (Å²) >= 11 is 0. The zero-order valence-corrected chi connectivity index (χ0v) is 18.5. The summed E-state index contributed by atoms with van der Waals surface area (Å²) < 4.78 is 16.6. The summed E-state index contributed by atoms with van der Waals surface area (Å²) in [5, 5.41) is 2.90. The summed E-state index contributed by atoms with van der Waals surface area (Å²) in [6.45, 7) is 1.93. The Labute approximate surface area is 188 Å². The van der Waals surface area contributed by atoms with Gasteiger partial charge in [-0.3, -0.25) is 9.59 Å². The fraction of sp³-hybridized carbons (Fsp3) is 0.417. The van der Waals surface area contributed by atoms with Crippen molar-refractivity contribution in [1.29, 1.82) is 0 Å². The Morgan fingerprint density at radius 1 is 1.03 bits per heavy atom. The minimum absolute atomic E-state index is 0.0119. The van der Waals surface area contributed by atoms with E-state index in [1.807, 2.05) is 34.1 Å². The van der Waals surface area contributed by atoms with Crippen LogP contribution < -0.4 is 24.4 Å². The van der Waals surface area contributed by atoms with Gasteiger partial charge in [-0.2, -0.15) is 0 Å². The van der Waals surface area contributed by atoms with E-state index in [2.05, 4.69) is 5.32 Å². The van der Waals surface area contributed by atoms with Crippen LogP contribution in [0, 0.1) is 0 Å². The molecule has 0 radical (unpaired) electrons. The van der Waals surface area contributed by atoms with Gasteiger partial charge in [-0.05, 0) is 31.4 Å². The van der Waals surface area contributed by atoms with Crippen molar-refractivity contribution in [2.45, 2.75) is 25.4 Å². The van der Waals surface area contributed by atoms with Crippen LogP contribution in [0.15, 0.2) is 42.5 Å². The SMILES string of the molecule is COc1cc(NC(=O)CN2C[C@H](C(=O)N3CCCCC3)Oc3ccccc32)cc(OC)c1. The molecule has 1 N–H and O–H groups in total. The van der Waals surface area contributed by atoms with Gasteiger partial charge in [-0.25, -0.2) is 0 Å². The largest absolute Gasteiger partial charge is 0.497 e. The van der Waals surface area contributed by atoms with Gasteiger partial charge in [-0.1, -0.05) is 12.1 Å². The first kappa shape index (κ1) is 21.8. The van der Waals surface area contributed by atoms with E-state index in [9.17, 15) is 9.59 Å². The Bertz CT molecular complexity index is 952. The van der Waals surface area contributed by atoms with E-state index < -0.39 is 6.10 Å². The van der Waals surface area contributed by atoms with Gasteiger partial charge in [0, 0.05) is 37.0 Å². The molecule has 0 unspecified atom stereocenters. The first-order valence-electron chi connectivity index (χ1n) is 10.9. The molecule has 0 aromatic heterocycles. The van der Waals surface area contributed by atoms with Crippen molar-refractivity contribution in [3.63, 3.8) is 0 Å². The van der Waals surface area contributed by atoms with E-state index in [1.54, 1.807) is 32.4 Å². The quantitative estimate of drug-likeness (QED) is 0.746. The predicted octanol–water partition coefficient (Wildman–Crippen LogP) is 2.92. The molecule has 2 heterocycles. The molecule has 2 aromatic carbocycles. The summed E-state index contributed by atoms with van der Waals surface area (Å²) in [7, 11) is 3.12. The van der Waals surface area contributed by atoms with Gasteiger partial charge in [0.05, 0.1) is 33.0 Å². The summed E-state index contributed by atoms with van der Waals surface area (Å²) in [4.78, 5) is 29.7. The number of ether oxygens (including phenoxy) is 3. The van der Waals surface area contributed by atoms with Crippen LogP contribution in [0.4, 0.5) is 11.4 Å². The third-order valence-corrected chi connectivity index (χ3v) is 5.77. The summed E-state index contributed by atoms with van der Waals surface area (Å²) in [5.74, 6) is 1.57. The van der Waals surface area contributed by atoms with E-state index in [0.717, 1.165) is 38.0 Å². The van der Waals surface area contributed by atoms with Crippen LogP contribution in [0.25, 0.3) is 0 Å². The number of fused-ring (bicyclic) bond motifs is 1. The molecule has 1 fully saturated rings. The number of amides is 2. The second kappa shape index (κ2) is 9.80. The minimum atomic E-state index is -0.632. The number of methoxy groups -OCH3 is 2. The molecule has 0 spiro atoms. The van der Waals surface area contributed by atoms with Gasteiger partial charge in [0.1, 0.15) is 17.2 Å². The molecule has 8 heteroatoms. The van der Waals surface area contributed by atoms with E-state index in [0.29, 0.717) is 29.5 Å². The topological polar surface area (TPSA) is 80.3 Å². The predicted molar refractivity (Wildman–Crippen MR) is 122 cm³/mol. The number of piperidine rings is 1. The number of nitrogens with zero attached hydrogens (tertiary/aromatic N) is 2. The normalized spacial score (nSPS) is 17.8. The maximum absolute atomic E-state index is 13.1. The molecule has 2 aliphatic heterocycles. The van der Waals surface area contributed by atoms with Crippen molar-refractivity contribution in [3.05, 3.63) is 42.5 Å². The Morgan fingerprint density at radius 3 is 2.41 bits per heavy atom. The number of nitrogens with one attached hydrogen (secondary N) is 1. The third-order valence-electron chi connectivity index (χ3n) is 5.77. The van der Waals surface area contributed by atoms with E-state index in [4.69, 9.17) is 14.2 Å². The summed E-state index contributed by atoms with van der Waals surface area (Å²) in [5.41, 5.74) is 1.38.